The third-order valence-electron chi connectivity index (χ3n) is 2.89. The van der Waals surface area contributed by atoms with Gasteiger partial charge in [-0.05, 0) is 19.8 Å². The fourth-order valence-corrected chi connectivity index (χ4v) is 1.93. The average Bonchev–Trinajstić information content (AvgIpc) is 2.84. The molecular weight excluding hydrogens is 204 g/mol. The monoisotopic (exact) mass is 230 g/mol. The summed E-state index contributed by atoms with van der Waals surface area (Å²) in [5.41, 5.74) is 0. The van der Waals surface area contributed by atoms with Gasteiger partial charge in [-0.15, -0.1) is 0 Å². The molecule has 3 unspecified atom stereocenters. The van der Waals surface area contributed by atoms with Gasteiger partial charge in [-0.25, -0.2) is 0 Å². The van der Waals surface area contributed by atoms with Crippen LogP contribution in [0.3, 0.4) is 0 Å². The van der Waals surface area contributed by atoms with Crippen LogP contribution in [-0.2, 0) is 9.47 Å². The van der Waals surface area contributed by atoms with Crippen molar-refractivity contribution in [2.24, 2.45) is 0 Å². The van der Waals surface area contributed by atoms with Gasteiger partial charge in [-0.1, -0.05) is 13.8 Å². The number of hydrogen-bond acceptors (Lipinski definition) is 4. The van der Waals surface area contributed by atoms with Crippen molar-refractivity contribution in [3.05, 3.63) is 0 Å². The van der Waals surface area contributed by atoms with Gasteiger partial charge in [0.05, 0.1) is 19.3 Å². The van der Waals surface area contributed by atoms with Gasteiger partial charge in [0, 0.05) is 19.1 Å². The van der Waals surface area contributed by atoms with Crippen LogP contribution in [0.4, 0.5) is 0 Å². The second-order valence-corrected chi connectivity index (χ2v) is 4.16. The minimum absolute atomic E-state index is 0.120. The molecule has 4 nitrogen and oxygen atoms in total. The molecule has 2 saturated heterocycles. The Morgan fingerprint density at radius 2 is 2.06 bits per heavy atom. The molecule has 96 valence electrons. The van der Waals surface area contributed by atoms with Crippen LogP contribution in [0.1, 0.15) is 33.6 Å². The summed E-state index contributed by atoms with van der Waals surface area (Å²) in [6, 6.07) is 0.649. The van der Waals surface area contributed by atoms with E-state index in [2.05, 4.69) is 17.6 Å². The summed E-state index contributed by atoms with van der Waals surface area (Å²) in [5, 5.41) is 6.66. The molecule has 2 N–H and O–H groups in total. The molecule has 3 atom stereocenters. The van der Waals surface area contributed by atoms with Crippen LogP contribution in [-0.4, -0.2) is 44.7 Å². The van der Waals surface area contributed by atoms with Crippen molar-refractivity contribution in [1.82, 2.24) is 10.6 Å². The first kappa shape index (κ1) is 13.9. The smallest absolute Gasteiger partial charge is 0.131 e. The second kappa shape index (κ2) is 8.01. The zero-order valence-electron chi connectivity index (χ0n) is 10.8. The van der Waals surface area contributed by atoms with E-state index >= 15 is 0 Å². The Bertz CT molecular complexity index is 164. The van der Waals surface area contributed by atoms with Crippen molar-refractivity contribution in [2.75, 3.05) is 26.3 Å². The van der Waals surface area contributed by atoms with Crippen LogP contribution >= 0.6 is 0 Å². The zero-order chi connectivity index (χ0) is 11.8. The molecule has 2 heterocycles. The van der Waals surface area contributed by atoms with Gasteiger partial charge >= 0.3 is 0 Å². The van der Waals surface area contributed by atoms with E-state index in [1.165, 1.54) is 12.8 Å². The lowest BCUT2D eigenvalue weighted by atomic mass is 10.0. The van der Waals surface area contributed by atoms with Crippen LogP contribution in [0.25, 0.3) is 0 Å². The molecule has 16 heavy (non-hydrogen) atoms. The van der Waals surface area contributed by atoms with Crippen molar-refractivity contribution in [2.45, 2.75) is 52.0 Å². The molecule has 0 saturated carbocycles. The Labute approximate surface area is 99.1 Å². The minimum Gasteiger partial charge on any atom is -0.373 e. The van der Waals surface area contributed by atoms with Crippen LogP contribution in [0.15, 0.2) is 0 Å². The largest absolute Gasteiger partial charge is 0.373 e. The van der Waals surface area contributed by atoms with E-state index in [9.17, 15) is 0 Å². The van der Waals surface area contributed by atoms with Crippen LogP contribution < -0.4 is 10.6 Å². The summed E-state index contributed by atoms with van der Waals surface area (Å²) in [6.45, 7) is 9.65. The third-order valence-corrected chi connectivity index (χ3v) is 2.89. The maximum atomic E-state index is 5.77. The fourth-order valence-electron chi connectivity index (χ4n) is 1.93. The average molecular weight is 230 g/mol. The third kappa shape index (κ3) is 4.78. The van der Waals surface area contributed by atoms with Crippen molar-refractivity contribution in [3.8, 4) is 0 Å². The highest BCUT2D eigenvalue weighted by molar-refractivity contribution is 4.75. The number of hydrogen-bond donors (Lipinski definition) is 2. The highest BCUT2D eigenvalue weighted by atomic mass is 16.6. The standard InChI is InChI=1S/C10H20N2O2.C2H6/c1-8-2-3-9(6-12-8)14-7-10-11-4-5-13-10;1-2/h8-12H,2-7H2,1H3;1-2H3. The van der Waals surface area contributed by atoms with Gasteiger partial charge in [0.2, 0.25) is 0 Å². The van der Waals surface area contributed by atoms with E-state index in [4.69, 9.17) is 9.47 Å². The summed E-state index contributed by atoms with van der Waals surface area (Å²) in [6.07, 6.45) is 2.87. The molecule has 0 aromatic rings. The fraction of sp³-hybridized carbons (Fsp3) is 1.00. The van der Waals surface area contributed by atoms with E-state index in [-0.39, 0.29) is 6.23 Å². The zero-order valence-corrected chi connectivity index (χ0v) is 10.8. The Balaban J connectivity index is 0.000000606. The van der Waals surface area contributed by atoms with Gasteiger partial charge < -0.3 is 14.8 Å². The van der Waals surface area contributed by atoms with Crippen LogP contribution in [0, 0.1) is 0 Å². The first-order chi connectivity index (χ1) is 7.84. The predicted octanol–water partition coefficient (Wildman–Crippen LogP) is 1.12. The maximum absolute atomic E-state index is 5.77. The first-order valence-corrected chi connectivity index (χ1v) is 6.54. The van der Waals surface area contributed by atoms with E-state index in [1.54, 1.807) is 0 Å². The molecule has 0 aromatic heterocycles. The number of ether oxygens (including phenoxy) is 2. The van der Waals surface area contributed by atoms with Gasteiger partial charge in [0.15, 0.2) is 0 Å². The summed E-state index contributed by atoms with van der Waals surface area (Å²) in [5.74, 6) is 0. The molecule has 0 amide bonds. The quantitative estimate of drug-likeness (QED) is 0.762. The number of nitrogens with one attached hydrogen (secondary N) is 2. The first-order valence-electron chi connectivity index (χ1n) is 6.54. The molecule has 0 aliphatic carbocycles. The molecular formula is C12H26N2O2. The van der Waals surface area contributed by atoms with Crippen molar-refractivity contribution in [3.63, 3.8) is 0 Å². The summed E-state index contributed by atoms with van der Waals surface area (Å²) in [7, 11) is 0. The lowest BCUT2D eigenvalue weighted by Gasteiger charge is -2.28. The Morgan fingerprint density at radius 3 is 2.62 bits per heavy atom. The summed E-state index contributed by atoms with van der Waals surface area (Å²) < 4.78 is 11.2. The van der Waals surface area contributed by atoms with Gasteiger partial charge in [-0.2, -0.15) is 0 Å². The molecule has 2 aliphatic heterocycles. The van der Waals surface area contributed by atoms with Crippen molar-refractivity contribution >= 4 is 0 Å². The number of piperidine rings is 1. The molecule has 0 aromatic carbocycles. The molecule has 0 radical (unpaired) electrons. The normalized spacial score (nSPS) is 34.3. The van der Waals surface area contributed by atoms with Gasteiger partial charge in [0.1, 0.15) is 6.23 Å². The SMILES string of the molecule is CC.CC1CCC(OCC2NCCO2)CN1. The molecule has 2 fully saturated rings. The molecule has 0 spiro atoms. The highest BCUT2D eigenvalue weighted by Gasteiger charge is 2.20. The van der Waals surface area contributed by atoms with E-state index in [0.29, 0.717) is 18.8 Å². The summed E-state index contributed by atoms with van der Waals surface area (Å²) >= 11 is 0. The Hall–Kier alpha value is -0.160. The van der Waals surface area contributed by atoms with Crippen molar-refractivity contribution < 1.29 is 9.47 Å². The van der Waals surface area contributed by atoms with E-state index < -0.39 is 0 Å². The van der Waals surface area contributed by atoms with Crippen LogP contribution in [0.5, 0.6) is 0 Å². The summed E-state index contributed by atoms with van der Waals surface area (Å²) in [4.78, 5) is 0. The minimum atomic E-state index is 0.120. The molecule has 2 rings (SSSR count). The number of rotatable bonds is 3. The Morgan fingerprint density at radius 1 is 1.25 bits per heavy atom. The lowest BCUT2D eigenvalue weighted by Crippen LogP contribution is -2.42. The lowest BCUT2D eigenvalue weighted by molar-refractivity contribution is -0.0360. The maximum Gasteiger partial charge on any atom is 0.131 e. The topological polar surface area (TPSA) is 42.5 Å². The van der Waals surface area contributed by atoms with Crippen molar-refractivity contribution in [1.29, 1.82) is 0 Å². The highest BCUT2D eigenvalue weighted by Crippen LogP contribution is 2.11. The molecule has 0 bridgehead atoms. The Kier molecular flexibility index (Phi) is 6.96. The van der Waals surface area contributed by atoms with Crippen LogP contribution in [0.2, 0.25) is 0 Å². The van der Waals surface area contributed by atoms with E-state index in [1.807, 2.05) is 13.8 Å². The molecule has 2 aliphatic rings. The van der Waals surface area contributed by atoms with Gasteiger partial charge in [-0.3, -0.25) is 5.32 Å². The van der Waals surface area contributed by atoms with Gasteiger partial charge in [0.25, 0.3) is 0 Å². The second-order valence-electron chi connectivity index (χ2n) is 4.16. The molecule has 4 heteroatoms. The van der Waals surface area contributed by atoms with E-state index in [0.717, 1.165) is 19.7 Å². The predicted molar refractivity (Wildman–Crippen MR) is 65.5 cm³/mol.